The van der Waals surface area contributed by atoms with E-state index in [9.17, 15) is 0 Å². The molecule has 8 rings (SSSR count). The third kappa shape index (κ3) is 5.21. The van der Waals surface area contributed by atoms with Gasteiger partial charge in [0.1, 0.15) is 5.82 Å². The van der Waals surface area contributed by atoms with Gasteiger partial charge in [-0.3, -0.25) is 4.57 Å². The normalized spacial score (nSPS) is 13.6. The van der Waals surface area contributed by atoms with Crippen molar-refractivity contribution in [1.29, 1.82) is 0 Å². The van der Waals surface area contributed by atoms with Gasteiger partial charge in [0.25, 0.3) is 5.79 Å². The maximum absolute atomic E-state index is 5.88. The van der Waals surface area contributed by atoms with E-state index < -0.39 is 5.79 Å². The lowest BCUT2D eigenvalue weighted by atomic mass is 9.94. The first-order valence-corrected chi connectivity index (χ1v) is 17.1. The first kappa shape index (κ1) is 31.2. The molecule has 0 aliphatic carbocycles. The fraction of sp³-hybridized carbons (Fsp3) is 0.109. The molecule has 0 radical (unpaired) electrons. The Balaban J connectivity index is 1.62. The van der Waals surface area contributed by atoms with Crippen molar-refractivity contribution < 1.29 is 0 Å². The Bertz CT molecular complexity index is 2290. The highest BCUT2D eigenvalue weighted by molar-refractivity contribution is 6.54. The van der Waals surface area contributed by atoms with Crippen LogP contribution in [0.1, 0.15) is 38.9 Å². The van der Waals surface area contributed by atoms with Crippen LogP contribution in [-0.4, -0.2) is 21.0 Å². The number of rotatable bonds is 7. The van der Waals surface area contributed by atoms with Gasteiger partial charge in [0, 0.05) is 33.4 Å². The molecular weight excluding hydrogens is 609 g/mol. The second kappa shape index (κ2) is 12.7. The second-order valence-electron chi connectivity index (χ2n) is 13.0. The summed E-state index contributed by atoms with van der Waals surface area (Å²) in [5, 5.41) is 0. The largest absolute Gasteiger partial charge is 0.275 e. The number of nitrogens with zero attached hydrogens (tertiary/aromatic N) is 4. The van der Waals surface area contributed by atoms with Crippen LogP contribution in [0.3, 0.4) is 0 Å². The lowest BCUT2D eigenvalue weighted by molar-refractivity contribution is 0.404. The van der Waals surface area contributed by atoms with Crippen LogP contribution < -0.4 is 0 Å². The Hall–Kier alpha value is -6.13. The predicted octanol–water partition coefficient (Wildman–Crippen LogP) is 10.8. The van der Waals surface area contributed by atoms with E-state index in [0.29, 0.717) is 0 Å². The van der Waals surface area contributed by atoms with Crippen LogP contribution in [0.4, 0.5) is 0 Å². The van der Waals surface area contributed by atoms with Crippen LogP contribution in [0.15, 0.2) is 168 Å². The van der Waals surface area contributed by atoms with Crippen molar-refractivity contribution in [1.82, 2.24) is 9.55 Å². The molecule has 0 amide bonds. The summed E-state index contributed by atoms with van der Waals surface area (Å²) in [4.78, 5) is 17.4. The van der Waals surface area contributed by atoms with Gasteiger partial charge in [-0.1, -0.05) is 158 Å². The molecule has 1 aliphatic rings. The van der Waals surface area contributed by atoms with Gasteiger partial charge in [-0.05, 0) is 49.9 Å². The molecule has 0 atom stereocenters. The van der Waals surface area contributed by atoms with Gasteiger partial charge in [-0.15, -0.1) is 0 Å². The minimum absolute atomic E-state index is 0.829. The highest BCUT2D eigenvalue weighted by atomic mass is 15.4. The molecule has 0 saturated heterocycles. The van der Waals surface area contributed by atoms with Gasteiger partial charge < -0.3 is 0 Å². The third-order valence-corrected chi connectivity index (χ3v) is 9.66. The maximum atomic E-state index is 5.88. The molecule has 0 N–H and O–H groups in total. The fourth-order valence-electron chi connectivity index (χ4n) is 7.42. The first-order chi connectivity index (χ1) is 24.5. The number of hydrogen-bond acceptors (Lipinski definition) is 3. The van der Waals surface area contributed by atoms with Crippen LogP contribution in [0.5, 0.6) is 0 Å². The SMILES string of the molecule is Cc1cccc(C)c1-c1nc(-c2ccccc2)c(-c2ccccc2)n1C1(c2c(C)cccc2C)N=C(c2ccccc2)C(c2ccccc2)=N1. The van der Waals surface area contributed by atoms with Crippen LogP contribution in [0.25, 0.3) is 33.9 Å². The molecule has 0 bridgehead atoms. The lowest BCUT2D eigenvalue weighted by Gasteiger charge is -2.32. The third-order valence-electron chi connectivity index (χ3n) is 9.66. The summed E-state index contributed by atoms with van der Waals surface area (Å²) >= 11 is 0. The summed E-state index contributed by atoms with van der Waals surface area (Å²) in [6.07, 6.45) is 0. The van der Waals surface area contributed by atoms with E-state index in [1.54, 1.807) is 0 Å². The van der Waals surface area contributed by atoms with E-state index >= 15 is 0 Å². The minimum Gasteiger partial charge on any atom is -0.275 e. The second-order valence-corrected chi connectivity index (χ2v) is 13.0. The predicted molar refractivity (Wildman–Crippen MR) is 207 cm³/mol. The molecule has 1 aliphatic heterocycles. The van der Waals surface area contributed by atoms with Crippen molar-refractivity contribution in [3.63, 3.8) is 0 Å². The fourth-order valence-corrected chi connectivity index (χ4v) is 7.42. The van der Waals surface area contributed by atoms with Crippen LogP contribution in [0, 0.1) is 27.7 Å². The van der Waals surface area contributed by atoms with Crippen molar-refractivity contribution in [3.05, 3.63) is 197 Å². The average Bonchev–Trinajstić information content (AvgIpc) is 3.74. The average molecular weight is 647 g/mol. The number of benzene rings is 6. The molecular formula is C46H38N4. The topological polar surface area (TPSA) is 42.5 Å². The zero-order chi connectivity index (χ0) is 34.2. The van der Waals surface area contributed by atoms with Crippen molar-refractivity contribution in [2.24, 2.45) is 9.98 Å². The molecule has 0 saturated carbocycles. The molecule has 7 aromatic rings. The first-order valence-electron chi connectivity index (χ1n) is 17.1. The smallest absolute Gasteiger partial charge is 0.262 e. The van der Waals surface area contributed by atoms with Gasteiger partial charge in [-0.2, -0.15) is 0 Å². The summed E-state index contributed by atoms with van der Waals surface area (Å²) in [7, 11) is 0. The van der Waals surface area contributed by atoms with Crippen molar-refractivity contribution in [2.45, 2.75) is 33.5 Å². The van der Waals surface area contributed by atoms with E-state index in [1.807, 2.05) is 12.1 Å². The van der Waals surface area contributed by atoms with E-state index in [1.165, 1.54) is 0 Å². The molecule has 242 valence electrons. The molecule has 1 aromatic heterocycles. The van der Waals surface area contributed by atoms with Gasteiger partial charge in [0.15, 0.2) is 0 Å². The Morgan fingerprint density at radius 2 is 0.820 bits per heavy atom. The zero-order valence-electron chi connectivity index (χ0n) is 28.8. The van der Waals surface area contributed by atoms with Crippen LogP contribution in [0.2, 0.25) is 0 Å². The van der Waals surface area contributed by atoms with Crippen molar-refractivity contribution >= 4 is 11.4 Å². The highest BCUT2D eigenvalue weighted by Crippen LogP contribution is 2.48. The summed E-state index contributed by atoms with van der Waals surface area (Å²) in [6, 6.07) is 54.9. The Kier molecular flexibility index (Phi) is 7.93. The van der Waals surface area contributed by atoms with Crippen molar-refractivity contribution in [3.8, 4) is 33.9 Å². The van der Waals surface area contributed by atoms with Crippen molar-refractivity contribution in [2.75, 3.05) is 0 Å². The van der Waals surface area contributed by atoms with E-state index in [0.717, 1.165) is 84.3 Å². The van der Waals surface area contributed by atoms with Gasteiger partial charge in [0.2, 0.25) is 0 Å². The summed E-state index contributed by atoms with van der Waals surface area (Å²) in [6.45, 7) is 8.69. The Labute approximate surface area is 294 Å². The number of aliphatic imine (C=N–C) groups is 2. The Morgan fingerprint density at radius 3 is 1.28 bits per heavy atom. The number of aryl methyl sites for hydroxylation is 4. The molecule has 0 spiro atoms. The zero-order valence-corrected chi connectivity index (χ0v) is 28.8. The minimum atomic E-state index is -1.24. The quantitative estimate of drug-likeness (QED) is 0.170. The standard InChI is InChI=1S/C46H38N4/c1-31-19-17-20-32(2)39(31)45-47-43(37-27-13-7-14-28-37)44(38-29-15-8-16-30-38)50(45)46(40-33(3)21-18-22-34(40)4)48-41(35-23-9-5-10-24-35)42(49-46)36-25-11-6-12-26-36/h5-30H,1-4H3. The molecule has 4 heteroatoms. The van der Waals surface area contributed by atoms with Gasteiger partial charge in [-0.25, -0.2) is 15.0 Å². The highest BCUT2D eigenvalue weighted by Gasteiger charge is 2.46. The molecule has 4 nitrogen and oxygen atoms in total. The van der Waals surface area contributed by atoms with Crippen LogP contribution in [-0.2, 0) is 5.79 Å². The van der Waals surface area contributed by atoms with E-state index in [2.05, 4.69) is 178 Å². The summed E-state index contributed by atoms with van der Waals surface area (Å²) in [5.74, 6) is -0.406. The summed E-state index contributed by atoms with van der Waals surface area (Å²) < 4.78 is 2.34. The van der Waals surface area contributed by atoms with E-state index in [-0.39, 0.29) is 0 Å². The molecule has 2 heterocycles. The molecule has 0 unspecified atom stereocenters. The lowest BCUT2D eigenvalue weighted by Crippen LogP contribution is -2.33. The molecule has 0 fully saturated rings. The molecule has 50 heavy (non-hydrogen) atoms. The number of imidazole rings is 1. The van der Waals surface area contributed by atoms with Gasteiger partial charge in [0.05, 0.1) is 22.8 Å². The summed E-state index contributed by atoms with van der Waals surface area (Å²) in [5.41, 5.74) is 14.3. The number of aromatic nitrogens is 2. The monoisotopic (exact) mass is 646 g/mol. The van der Waals surface area contributed by atoms with E-state index in [4.69, 9.17) is 15.0 Å². The Morgan fingerprint density at radius 1 is 0.420 bits per heavy atom. The van der Waals surface area contributed by atoms with Gasteiger partial charge >= 0.3 is 0 Å². The molecule has 6 aromatic carbocycles. The number of hydrogen-bond donors (Lipinski definition) is 0. The van der Waals surface area contributed by atoms with Crippen LogP contribution >= 0.6 is 0 Å². The maximum Gasteiger partial charge on any atom is 0.262 e.